The van der Waals surface area contributed by atoms with E-state index in [9.17, 15) is 9.59 Å². The van der Waals surface area contributed by atoms with E-state index in [1.807, 2.05) is 6.92 Å². The number of aldehydes is 1. The zero-order chi connectivity index (χ0) is 12.6. The maximum atomic E-state index is 11.6. The summed E-state index contributed by atoms with van der Waals surface area (Å²) in [5, 5.41) is 0. The molecule has 94 valence electrons. The van der Waals surface area contributed by atoms with Crippen molar-refractivity contribution in [1.29, 1.82) is 0 Å². The molecular weight excluding hydrogens is 204 g/mol. The van der Waals surface area contributed by atoms with Crippen LogP contribution in [0.25, 0.3) is 0 Å². The van der Waals surface area contributed by atoms with Gasteiger partial charge in [0.1, 0.15) is 6.29 Å². The minimum atomic E-state index is -0.321. The van der Waals surface area contributed by atoms with Gasteiger partial charge in [0.05, 0.1) is 12.5 Å². The molecule has 0 bridgehead atoms. The van der Waals surface area contributed by atoms with Gasteiger partial charge in [0.15, 0.2) is 0 Å². The molecule has 0 radical (unpaired) electrons. The van der Waals surface area contributed by atoms with Gasteiger partial charge in [-0.1, -0.05) is 34.1 Å². The predicted molar refractivity (Wildman–Crippen MR) is 64.0 cm³/mol. The second-order valence-corrected chi connectivity index (χ2v) is 4.51. The van der Waals surface area contributed by atoms with E-state index >= 15 is 0 Å². The normalized spacial score (nSPS) is 16.2. The van der Waals surface area contributed by atoms with Crippen LogP contribution in [0.2, 0.25) is 0 Å². The minimum Gasteiger partial charge on any atom is -0.465 e. The summed E-state index contributed by atoms with van der Waals surface area (Å²) in [6.45, 7) is 8.36. The van der Waals surface area contributed by atoms with Crippen LogP contribution < -0.4 is 0 Å². The third-order valence-corrected chi connectivity index (χ3v) is 3.01. The number of hydrogen-bond donors (Lipinski definition) is 0. The SMILES string of the molecule is CCCOC(=O)C(C)C(C=O)CC(C)CC. The Labute approximate surface area is 98.6 Å². The van der Waals surface area contributed by atoms with E-state index in [1.54, 1.807) is 6.92 Å². The molecule has 0 fully saturated rings. The van der Waals surface area contributed by atoms with Crippen molar-refractivity contribution in [3.63, 3.8) is 0 Å². The fraction of sp³-hybridized carbons (Fsp3) is 0.846. The highest BCUT2D eigenvalue weighted by Crippen LogP contribution is 2.21. The van der Waals surface area contributed by atoms with Gasteiger partial charge in [-0.05, 0) is 18.8 Å². The summed E-state index contributed by atoms with van der Waals surface area (Å²) in [6, 6.07) is 0. The maximum absolute atomic E-state index is 11.6. The van der Waals surface area contributed by atoms with Crippen molar-refractivity contribution in [1.82, 2.24) is 0 Å². The number of carbonyl (C=O) groups is 2. The smallest absolute Gasteiger partial charge is 0.309 e. The second-order valence-electron chi connectivity index (χ2n) is 4.51. The van der Waals surface area contributed by atoms with Crippen molar-refractivity contribution in [2.45, 2.75) is 47.0 Å². The van der Waals surface area contributed by atoms with Crippen molar-refractivity contribution in [3.05, 3.63) is 0 Å². The van der Waals surface area contributed by atoms with Gasteiger partial charge in [0.2, 0.25) is 0 Å². The fourth-order valence-corrected chi connectivity index (χ4v) is 1.52. The molecule has 0 rings (SSSR count). The molecule has 3 atom stereocenters. The molecule has 0 aromatic carbocycles. The quantitative estimate of drug-likeness (QED) is 0.474. The fourth-order valence-electron chi connectivity index (χ4n) is 1.52. The first-order valence-electron chi connectivity index (χ1n) is 6.18. The lowest BCUT2D eigenvalue weighted by molar-refractivity contribution is -0.151. The molecule has 0 aliphatic rings. The molecule has 0 aliphatic carbocycles. The average Bonchev–Trinajstić information content (AvgIpc) is 2.31. The Kier molecular flexibility index (Phi) is 7.86. The minimum absolute atomic E-state index is 0.209. The summed E-state index contributed by atoms with van der Waals surface area (Å²) >= 11 is 0. The molecule has 0 spiro atoms. The molecule has 0 saturated heterocycles. The lowest BCUT2D eigenvalue weighted by Crippen LogP contribution is -2.26. The van der Waals surface area contributed by atoms with Gasteiger partial charge in [-0.15, -0.1) is 0 Å². The highest BCUT2D eigenvalue weighted by Gasteiger charge is 2.25. The lowest BCUT2D eigenvalue weighted by Gasteiger charge is -2.20. The first-order valence-corrected chi connectivity index (χ1v) is 6.18. The van der Waals surface area contributed by atoms with Gasteiger partial charge in [-0.25, -0.2) is 0 Å². The van der Waals surface area contributed by atoms with Gasteiger partial charge >= 0.3 is 5.97 Å². The standard InChI is InChI=1S/C13H24O3/c1-5-7-16-13(15)11(4)12(9-14)8-10(3)6-2/h9-12H,5-8H2,1-4H3. The molecule has 0 amide bonds. The Hall–Kier alpha value is -0.860. The molecule has 0 aromatic rings. The van der Waals surface area contributed by atoms with E-state index in [0.717, 1.165) is 25.5 Å². The van der Waals surface area contributed by atoms with Crippen molar-refractivity contribution in [2.24, 2.45) is 17.8 Å². The summed E-state index contributed by atoms with van der Waals surface area (Å²) < 4.78 is 5.05. The van der Waals surface area contributed by atoms with Gasteiger partial charge in [-0.2, -0.15) is 0 Å². The number of ether oxygens (including phenoxy) is 1. The first-order chi connectivity index (χ1) is 7.56. The Morgan fingerprint density at radius 2 is 1.94 bits per heavy atom. The van der Waals surface area contributed by atoms with Crippen LogP contribution in [0, 0.1) is 17.8 Å². The third-order valence-electron chi connectivity index (χ3n) is 3.01. The third kappa shape index (κ3) is 5.29. The van der Waals surface area contributed by atoms with Crippen LogP contribution in [-0.2, 0) is 14.3 Å². The Morgan fingerprint density at radius 1 is 1.31 bits per heavy atom. The molecular formula is C13H24O3. The molecule has 3 heteroatoms. The van der Waals surface area contributed by atoms with Crippen LogP contribution in [0.4, 0.5) is 0 Å². The van der Waals surface area contributed by atoms with Crippen LogP contribution in [0.15, 0.2) is 0 Å². The van der Waals surface area contributed by atoms with E-state index in [0.29, 0.717) is 12.5 Å². The molecule has 3 nitrogen and oxygen atoms in total. The second kappa shape index (κ2) is 8.31. The van der Waals surface area contributed by atoms with E-state index in [1.165, 1.54) is 0 Å². The summed E-state index contributed by atoms with van der Waals surface area (Å²) in [5.74, 6) is -0.309. The van der Waals surface area contributed by atoms with Gasteiger partial charge in [-0.3, -0.25) is 4.79 Å². The van der Waals surface area contributed by atoms with Crippen molar-refractivity contribution < 1.29 is 14.3 Å². The van der Waals surface area contributed by atoms with Crippen molar-refractivity contribution in [2.75, 3.05) is 6.61 Å². The molecule has 3 unspecified atom stereocenters. The molecule has 0 aromatic heterocycles. The highest BCUT2D eigenvalue weighted by atomic mass is 16.5. The molecule has 0 saturated carbocycles. The van der Waals surface area contributed by atoms with Crippen LogP contribution in [0.1, 0.15) is 47.0 Å². The summed E-state index contributed by atoms with van der Waals surface area (Å²) in [6.07, 6.45) is 3.50. The highest BCUT2D eigenvalue weighted by molar-refractivity contribution is 5.76. The van der Waals surface area contributed by atoms with Crippen molar-refractivity contribution >= 4 is 12.3 Å². The van der Waals surface area contributed by atoms with E-state index in [2.05, 4.69) is 13.8 Å². The molecule has 16 heavy (non-hydrogen) atoms. The van der Waals surface area contributed by atoms with E-state index in [-0.39, 0.29) is 17.8 Å². The first kappa shape index (κ1) is 15.1. The Morgan fingerprint density at radius 3 is 2.38 bits per heavy atom. The monoisotopic (exact) mass is 228 g/mol. The average molecular weight is 228 g/mol. The number of esters is 1. The lowest BCUT2D eigenvalue weighted by atomic mass is 9.86. The number of hydrogen-bond acceptors (Lipinski definition) is 3. The Balaban J connectivity index is 4.23. The van der Waals surface area contributed by atoms with Gasteiger partial charge < -0.3 is 9.53 Å². The van der Waals surface area contributed by atoms with Gasteiger partial charge in [0.25, 0.3) is 0 Å². The largest absolute Gasteiger partial charge is 0.465 e. The van der Waals surface area contributed by atoms with Crippen LogP contribution in [0.3, 0.4) is 0 Å². The van der Waals surface area contributed by atoms with Crippen LogP contribution in [-0.4, -0.2) is 18.9 Å². The predicted octanol–water partition coefficient (Wildman–Crippen LogP) is 2.83. The van der Waals surface area contributed by atoms with E-state index in [4.69, 9.17) is 4.74 Å². The maximum Gasteiger partial charge on any atom is 0.309 e. The van der Waals surface area contributed by atoms with Crippen molar-refractivity contribution in [3.8, 4) is 0 Å². The number of carbonyl (C=O) groups excluding carboxylic acids is 2. The molecule has 0 heterocycles. The zero-order valence-corrected chi connectivity index (χ0v) is 10.9. The Bertz CT molecular complexity index is 213. The van der Waals surface area contributed by atoms with Crippen LogP contribution in [0.5, 0.6) is 0 Å². The summed E-state index contributed by atoms with van der Waals surface area (Å²) in [5.41, 5.74) is 0. The zero-order valence-electron chi connectivity index (χ0n) is 10.9. The van der Waals surface area contributed by atoms with E-state index < -0.39 is 0 Å². The number of rotatable bonds is 8. The van der Waals surface area contributed by atoms with Gasteiger partial charge in [0, 0.05) is 5.92 Å². The molecule has 0 N–H and O–H groups in total. The summed E-state index contributed by atoms with van der Waals surface area (Å²) in [4.78, 5) is 22.6. The molecule has 0 aliphatic heterocycles. The van der Waals surface area contributed by atoms with Crippen LogP contribution >= 0.6 is 0 Å². The topological polar surface area (TPSA) is 43.4 Å². The summed E-state index contributed by atoms with van der Waals surface area (Å²) in [7, 11) is 0.